The molecule has 1 aromatic carbocycles. The summed E-state index contributed by atoms with van der Waals surface area (Å²) in [4.78, 5) is 35.0. The molecule has 2 aromatic rings. The van der Waals surface area contributed by atoms with E-state index in [2.05, 4.69) is 15.3 Å². The fourth-order valence-electron chi connectivity index (χ4n) is 4.20. The van der Waals surface area contributed by atoms with Crippen LogP contribution in [0.25, 0.3) is 0 Å². The Labute approximate surface area is 186 Å². The second kappa shape index (κ2) is 9.64. The summed E-state index contributed by atoms with van der Waals surface area (Å²) in [6.45, 7) is 0.361. The molecule has 2 aliphatic rings. The van der Waals surface area contributed by atoms with E-state index in [4.69, 9.17) is 14.7 Å². The highest BCUT2D eigenvalue weighted by atomic mass is 16.5. The third-order valence-corrected chi connectivity index (χ3v) is 5.93. The minimum atomic E-state index is -0.375. The van der Waals surface area contributed by atoms with Gasteiger partial charge in [-0.15, -0.1) is 0 Å². The normalized spacial score (nSPS) is 22.8. The van der Waals surface area contributed by atoms with E-state index in [9.17, 15) is 9.59 Å². The molecule has 4 rings (SSSR count). The van der Waals surface area contributed by atoms with Crippen LogP contribution in [-0.4, -0.2) is 47.6 Å². The molecule has 2 fully saturated rings. The number of rotatable bonds is 6. The van der Waals surface area contributed by atoms with Crippen molar-refractivity contribution in [3.8, 4) is 17.7 Å². The number of nitrogens with one attached hydrogen (secondary N) is 1. The maximum Gasteiger partial charge on any atom is 0.251 e. The van der Waals surface area contributed by atoms with Crippen LogP contribution in [0.2, 0.25) is 0 Å². The number of methoxy groups -OCH3 is 1. The van der Waals surface area contributed by atoms with Crippen LogP contribution in [0, 0.1) is 17.2 Å². The second-order valence-electron chi connectivity index (χ2n) is 8.03. The Morgan fingerprint density at radius 1 is 1.22 bits per heavy atom. The molecule has 1 N–H and O–H groups in total. The van der Waals surface area contributed by atoms with E-state index in [1.165, 1.54) is 12.4 Å². The molecule has 0 spiro atoms. The zero-order valence-corrected chi connectivity index (χ0v) is 17.9. The molecule has 9 heteroatoms. The Hall–Kier alpha value is -3.67. The molecule has 1 saturated heterocycles. The van der Waals surface area contributed by atoms with Gasteiger partial charge in [0, 0.05) is 43.2 Å². The molecule has 9 nitrogen and oxygen atoms in total. The van der Waals surface area contributed by atoms with Crippen LogP contribution in [0.1, 0.15) is 37.8 Å². The van der Waals surface area contributed by atoms with Crippen LogP contribution in [0.3, 0.4) is 0 Å². The first-order valence-electron chi connectivity index (χ1n) is 10.7. The minimum Gasteiger partial charge on any atom is -0.497 e. The van der Waals surface area contributed by atoms with Crippen molar-refractivity contribution in [2.45, 2.75) is 44.2 Å². The SMILES string of the molecule is COc1cccc(N2CC(C(=O)NC3CCC(Oc4nccnc4C#N)CC3)CC2=O)c1. The lowest BCUT2D eigenvalue weighted by Gasteiger charge is -2.29. The Morgan fingerprint density at radius 3 is 2.75 bits per heavy atom. The molecule has 166 valence electrons. The van der Waals surface area contributed by atoms with E-state index >= 15 is 0 Å². The Morgan fingerprint density at radius 2 is 2.00 bits per heavy atom. The zero-order valence-electron chi connectivity index (χ0n) is 17.9. The first-order valence-corrected chi connectivity index (χ1v) is 10.7. The summed E-state index contributed by atoms with van der Waals surface area (Å²) < 4.78 is 11.1. The van der Waals surface area contributed by atoms with Crippen molar-refractivity contribution in [3.05, 3.63) is 42.4 Å². The van der Waals surface area contributed by atoms with E-state index in [-0.39, 0.29) is 47.9 Å². The number of hydrogen-bond donors (Lipinski definition) is 1. The van der Waals surface area contributed by atoms with Gasteiger partial charge in [0.15, 0.2) is 0 Å². The number of aromatic nitrogens is 2. The van der Waals surface area contributed by atoms with E-state index in [1.807, 2.05) is 24.3 Å². The summed E-state index contributed by atoms with van der Waals surface area (Å²) in [5, 5.41) is 12.2. The lowest BCUT2D eigenvalue weighted by molar-refractivity contribution is -0.127. The minimum absolute atomic E-state index is 0.0422. The van der Waals surface area contributed by atoms with E-state index < -0.39 is 0 Å². The van der Waals surface area contributed by atoms with Gasteiger partial charge in [0.25, 0.3) is 5.88 Å². The van der Waals surface area contributed by atoms with Crippen LogP contribution in [0.4, 0.5) is 5.69 Å². The summed E-state index contributed by atoms with van der Waals surface area (Å²) in [6, 6.07) is 9.32. The maximum absolute atomic E-state index is 12.8. The fraction of sp³-hybridized carbons (Fsp3) is 0.435. The van der Waals surface area contributed by atoms with Crippen molar-refractivity contribution < 1.29 is 19.1 Å². The molecule has 1 aliphatic heterocycles. The number of anilines is 1. The van der Waals surface area contributed by atoms with Crippen molar-refractivity contribution in [2.75, 3.05) is 18.6 Å². The Bertz CT molecular complexity index is 1030. The lowest BCUT2D eigenvalue weighted by Crippen LogP contribution is -2.43. The summed E-state index contributed by atoms with van der Waals surface area (Å²) >= 11 is 0. The van der Waals surface area contributed by atoms with Crippen LogP contribution < -0.4 is 19.7 Å². The maximum atomic E-state index is 12.8. The van der Waals surface area contributed by atoms with Crippen molar-refractivity contribution in [1.82, 2.24) is 15.3 Å². The van der Waals surface area contributed by atoms with E-state index in [1.54, 1.807) is 18.1 Å². The first kappa shape index (κ1) is 21.6. The average molecular weight is 435 g/mol. The van der Waals surface area contributed by atoms with Gasteiger partial charge in [-0.2, -0.15) is 5.26 Å². The molecule has 1 aliphatic carbocycles. The van der Waals surface area contributed by atoms with Gasteiger partial charge in [-0.05, 0) is 37.8 Å². The van der Waals surface area contributed by atoms with Gasteiger partial charge in [0.2, 0.25) is 17.5 Å². The largest absolute Gasteiger partial charge is 0.497 e. The molecule has 1 atom stereocenters. The zero-order chi connectivity index (χ0) is 22.5. The monoisotopic (exact) mass is 435 g/mol. The van der Waals surface area contributed by atoms with Crippen molar-refractivity contribution >= 4 is 17.5 Å². The molecule has 32 heavy (non-hydrogen) atoms. The van der Waals surface area contributed by atoms with Crippen molar-refractivity contribution in [1.29, 1.82) is 5.26 Å². The summed E-state index contributed by atoms with van der Waals surface area (Å²) in [5.41, 5.74) is 0.914. The highest BCUT2D eigenvalue weighted by Gasteiger charge is 2.36. The Balaban J connectivity index is 1.28. The van der Waals surface area contributed by atoms with Crippen LogP contribution in [-0.2, 0) is 9.59 Å². The third kappa shape index (κ3) is 4.80. The van der Waals surface area contributed by atoms with Crippen LogP contribution in [0.15, 0.2) is 36.7 Å². The van der Waals surface area contributed by atoms with Gasteiger partial charge >= 0.3 is 0 Å². The van der Waals surface area contributed by atoms with Gasteiger partial charge in [-0.3, -0.25) is 9.59 Å². The predicted octanol–water partition coefficient (Wildman–Crippen LogP) is 2.22. The molecule has 0 radical (unpaired) electrons. The highest BCUT2D eigenvalue weighted by molar-refractivity contribution is 6.00. The third-order valence-electron chi connectivity index (χ3n) is 5.93. The van der Waals surface area contributed by atoms with Crippen molar-refractivity contribution in [3.63, 3.8) is 0 Å². The standard InChI is InChI=1S/C23H25N5O4/c1-31-19-4-2-3-17(12-19)28-14-15(11-21(28)29)22(30)27-16-5-7-18(8-6-16)32-23-20(13-24)25-9-10-26-23/h2-4,9-10,12,15-16,18H,5-8,11,14H2,1H3,(H,27,30). The molecular formula is C23H25N5O4. The molecule has 2 heterocycles. The number of hydrogen-bond acceptors (Lipinski definition) is 7. The smallest absolute Gasteiger partial charge is 0.251 e. The van der Waals surface area contributed by atoms with Crippen LogP contribution >= 0.6 is 0 Å². The second-order valence-corrected chi connectivity index (χ2v) is 8.03. The van der Waals surface area contributed by atoms with Gasteiger partial charge in [-0.25, -0.2) is 9.97 Å². The number of carbonyl (C=O) groups excluding carboxylic acids is 2. The number of amides is 2. The Kier molecular flexibility index (Phi) is 6.50. The average Bonchev–Trinajstić information content (AvgIpc) is 3.22. The number of ether oxygens (including phenoxy) is 2. The van der Waals surface area contributed by atoms with Gasteiger partial charge in [0.1, 0.15) is 17.9 Å². The number of nitriles is 1. The first-order chi connectivity index (χ1) is 15.6. The highest BCUT2D eigenvalue weighted by Crippen LogP contribution is 2.29. The number of nitrogens with zero attached hydrogens (tertiary/aromatic N) is 4. The topological polar surface area (TPSA) is 117 Å². The number of benzene rings is 1. The van der Waals surface area contributed by atoms with E-state index in [0.717, 1.165) is 31.4 Å². The molecule has 1 unspecified atom stereocenters. The van der Waals surface area contributed by atoms with Crippen molar-refractivity contribution in [2.24, 2.45) is 5.92 Å². The lowest BCUT2D eigenvalue weighted by atomic mass is 9.92. The molecule has 1 saturated carbocycles. The number of carbonyl (C=O) groups is 2. The van der Waals surface area contributed by atoms with E-state index in [0.29, 0.717) is 12.3 Å². The predicted molar refractivity (Wildman–Crippen MR) is 115 cm³/mol. The molecule has 2 amide bonds. The summed E-state index contributed by atoms with van der Waals surface area (Å²) in [5.74, 6) is 0.400. The van der Waals surface area contributed by atoms with Gasteiger partial charge < -0.3 is 19.7 Å². The van der Waals surface area contributed by atoms with Crippen LogP contribution in [0.5, 0.6) is 11.6 Å². The van der Waals surface area contributed by atoms with Gasteiger partial charge in [0.05, 0.1) is 13.0 Å². The molecular weight excluding hydrogens is 410 g/mol. The molecule has 0 bridgehead atoms. The summed E-state index contributed by atoms with van der Waals surface area (Å²) in [7, 11) is 1.58. The quantitative estimate of drug-likeness (QED) is 0.739. The van der Waals surface area contributed by atoms with Gasteiger partial charge in [-0.1, -0.05) is 6.07 Å². The summed E-state index contributed by atoms with van der Waals surface area (Å²) in [6.07, 6.45) is 6.10. The molecule has 1 aromatic heterocycles. The fourth-order valence-corrected chi connectivity index (χ4v) is 4.20.